The molecule has 0 unspecified atom stereocenters. The maximum absolute atomic E-state index is 11.9. The van der Waals surface area contributed by atoms with Gasteiger partial charge in [-0.1, -0.05) is 35.1 Å². The van der Waals surface area contributed by atoms with Crippen molar-refractivity contribution in [1.82, 2.24) is 15.5 Å². The number of nitrogens with zero attached hydrogens (tertiary/aromatic N) is 2. The number of rotatable bonds is 3. The molecule has 1 aliphatic carbocycles. The van der Waals surface area contributed by atoms with Crippen LogP contribution >= 0.6 is 22.9 Å². The Balaban J connectivity index is 1.53. The molecule has 1 aliphatic rings. The van der Waals surface area contributed by atoms with Crippen molar-refractivity contribution in [3.8, 4) is 0 Å². The monoisotopic (exact) mass is 307 g/mol. The van der Waals surface area contributed by atoms with Crippen LogP contribution in [-0.4, -0.2) is 22.1 Å². The zero-order valence-corrected chi connectivity index (χ0v) is 12.5. The van der Waals surface area contributed by atoms with Crippen LogP contribution in [0, 0.1) is 6.92 Å². The molecule has 0 saturated heterocycles. The van der Waals surface area contributed by atoms with E-state index < -0.39 is 0 Å². The van der Waals surface area contributed by atoms with E-state index in [9.17, 15) is 4.79 Å². The molecule has 0 spiro atoms. The van der Waals surface area contributed by atoms with E-state index in [1.54, 1.807) is 0 Å². The fraction of sp³-hybridized carbons (Fsp3) is 0.357. The highest BCUT2D eigenvalue weighted by molar-refractivity contribution is 7.13. The van der Waals surface area contributed by atoms with Crippen LogP contribution in [0.4, 0.5) is 0 Å². The van der Waals surface area contributed by atoms with Gasteiger partial charge in [-0.25, -0.2) is 0 Å². The van der Waals surface area contributed by atoms with Gasteiger partial charge >= 0.3 is 0 Å². The molecule has 104 valence electrons. The Morgan fingerprint density at radius 1 is 1.30 bits per heavy atom. The minimum Gasteiger partial charge on any atom is -0.347 e. The van der Waals surface area contributed by atoms with Crippen molar-refractivity contribution in [2.45, 2.75) is 31.7 Å². The Hall–Kier alpha value is -1.46. The normalized spacial score (nSPS) is 21.3. The van der Waals surface area contributed by atoms with Crippen LogP contribution in [0.15, 0.2) is 24.3 Å². The van der Waals surface area contributed by atoms with Crippen LogP contribution in [-0.2, 0) is 0 Å². The van der Waals surface area contributed by atoms with Gasteiger partial charge in [0, 0.05) is 11.1 Å². The summed E-state index contributed by atoms with van der Waals surface area (Å²) >= 11 is 7.20. The van der Waals surface area contributed by atoms with Crippen molar-refractivity contribution in [2.75, 3.05) is 0 Å². The van der Waals surface area contributed by atoms with E-state index in [1.165, 1.54) is 16.9 Å². The van der Waals surface area contributed by atoms with Crippen molar-refractivity contribution >= 4 is 28.8 Å². The van der Waals surface area contributed by atoms with E-state index in [1.807, 2.05) is 19.1 Å². The average molecular weight is 308 g/mol. The molecule has 1 saturated carbocycles. The van der Waals surface area contributed by atoms with Crippen LogP contribution < -0.4 is 5.32 Å². The summed E-state index contributed by atoms with van der Waals surface area (Å²) in [5.74, 6) is 0.392. The van der Waals surface area contributed by atoms with E-state index in [2.05, 4.69) is 27.6 Å². The molecule has 4 nitrogen and oxygen atoms in total. The van der Waals surface area contributed by atoms with Crippen LogP contribution in [0.3, 0.4) is 0 Å². The van der Waals surface area contributed by atoms with E-state index >= 15 is 0 Å². The number of halogens is 1. The molecule has 2 aromatic rings. The van der Waals surface area contributed by atoms with Gasteiger partial charge in [0.2, 0.25) is 5.01 Å². The number of aromatic nitrogens is 2. The molecule has 3 rings (SSSR count). The quantitative estimate of drug-likeness (QED) is 0.947. The molecule has 20 heavy (non-hydrogen) atoms. The first-order chi connectivity index (χ1) is 9.61. The number of carbonyl (C=O) groups excluding carboxylic acids is 1. The smallest absolute Gasteiger partial charge is 0.282 e. The number of hydrogen-bond acceptors (Lipinski definition) is 4. The van der Waals surface area contributed by atoms with Gasteiger partial charge in [0.1, 0.15) is 5.01 Å². The third-order valence-corrected chi connectivity index (χ3v) is 4.62. The average Bonchev–Trinajstić information content (AvgIpc) is 2.81. The second-order valence-electron chi connectivity index (χ2n) is 5.02. The Bertz CT molecular complexity index is 620. The molecule has 1 fully saturated rings. The van der Waals surface area contributed by atoms with Crippen molar-refractivity contribution in [1.29, 1.82) is 0 Å². The van der Waals surface area contributed by atoms with E-state index in [0.29, 0.717) is 10.9 Å². The van der Waals surface area contributed by atoms with E-state index in [0.717, 1.165) is 22.9 Å². The standard InChI is InChI=1S/C14H14ClN3OS/c1-8-17-18-14(20-8)13(19)16-12-6-10(7-12)9-2-4-11(15)5-3-9/h2-5,10,12H,6-7H2,1H3,(H,16,19). The summed E-state index contributed by atoms with van der Waals surface area (Å²) < 4.78 is 0. The first kappa shape index (κ1) is 13.5. The van der Waals surface area contributed by atoms with Gasteiger partial charge in [0.05, 0.1) is 0 Å². The van der Waals surface area contributed by atoms with Crippen molar-refractivity contribution in [2.24, 2.45) is 0 Å². The summed E-state index contributed by atoms with van der Waals surface area (Å²) in [7, 11) is 0. The maximum atomic E-state index is 11.9. The van der Waals surface area contributed by atoms with Gasteiger partial charge in [-0.05, 0) is 43.4 Å². The van der Waals surface area contributed by atoms with Crippen LogP contribution in [0.25, 0.3) is 0 Å². The predicted molar refractivity (Wildman–Crippen MR) is 79.3 cm³/mol. The molecule has 1 aromatic heterocycles. The van der Waals surface area contributed by atoms with Crippen molar-refractivity contribution < 1.29 is 4.79 Å². The Morgan fingerprint density at radius 3 is 2.60 bits per heavy atom. The molecule has 6 heteroatoms. The van der Waals surface area contributed by atoms with Crippen LogP contribution in [0.5, 0.6) is 0 Å². The Morgan fingerprint density at radius 2 is 2.00 bits per heavy atom. The van der Waals surface area contributed by atoms with Crippen molar-refractivity contribution in [3.05, 3.63) is 44.9 Å². The third-order valence-electron chi connectivity index (χ3n) is 3.53. The lowest BCUT2D eigenvalue weighted by Gasteiger charge is -2.36. The lowest BCUT2D eigenvalue weighted by Crippen LogP contribution is -2.43. The first-order valence-electron chi connectivity index (χ1n) is 6.48. The lowest BCUT2D eigenvalue weighted by atomic mass is 9.76. The minimum atomic E-state index is -0.116. The number of aryl methyl sites for hydroxylation is 1. The van der Waals surface area contributed by atoms with Crippen molar-refractivity contribution in [3.63, 3.8) is 0 Å². The zero-order valence-electron chi connectivity index (χ0n) is 11.0. The topological polar surface area (TPSA) is 54.9 Å². The van der Waals surface area contributed by atoms with Crippen LogP contribution in [0.1, 0.15) is 39.1 Å². The molecule has 1 aromatic carbocycles. The summed E-state index contributed by atoms with van der Waals surface area (Å²) in [5.41, 5.74) is 1.28. The third kappa shape index (κ3) is 2.83. The SMILES string of the molecule is Cc1nnc(C(=O)NC2CC(c3ccc(Cl)cc3)C2)s1. The fourth-order valence-electron chi connectivity index (χ4n) is 2.38. The van der Waals surface area contributed by atoms with E-state index in [-0.39, 0.29) is 11.9 Å². The first-order valence-corrected chi connectivity index (χ1v) is 7.67. The summed E-state index contributed by atoms with van der Waals surface area (Å²) in [6.45, 7) is 1.84. The lowest BCUT2D eigenvalue weighted by molar-refractivity contribution is 0.0908. The Kier molecular flexibility index (Phi) is 3.72. The second kappa shape index (κ2) is 5.50. The number of carbonyl (C=O) groups is 1. The molecule has 1 amide bonds. The molecule has 0 bridgehead atoms. The zero-order chi connectivity index (χ0) is 14.1. The number of hydrogen-bond donors (Lipinski definition) is 1. The Labute approximate surface area is 126 Å². The molecule has 0 radical (unpaired) electrons. The highest BCUT2D eigenvalue weighted by Crippen LogP contribution is 2.37. The summed E-state index contributed by atoms with van der Waals surface area (Å²) in [5, 5.41) is 12.7. The van der Waals surface area contributed by atoms with Gasteiger partial charge in [0.25, 0.3) is 5.91 Å². The number of benzene rings is 1. The molecule has 1 heterocycles. The van der Waals surface area contributed by atoms with Gasteiger partial charge in [-0.2, -0.15) is 0 Å². The minimum absolute atomic E-state index is 0.116. The largest absolute Gasteiger partial charge is 0.347 e. The molecular formula is C14H14ClN3OS. The summed E-state index contributed by atoms with van der Waals surface area (Å²) in [6.07, 6.45) is 1.93. The predicted octanol–water partition coefficient (Wildman–Crippen LogP) is 3.18. The summed E-state index contributed by atoms with van der Waals surface area (Å²) in [6, 6.07) is 8.16. The van der Waals surface area contributed by atoms with Gasteiger partial charge in [-0.3, -0.25) is 4.79 Å². The highest BCUT2D eigenvalue weighted by Gasteiger charge is 2.32. The highest BCUT2D eigenvalue weighted by atomic mass is 35.5. The van der Waals surface area contributed by atoms with E-state index in [4.69, 9.17) is 11.6 Å². The molecular weight excluding hydrogens is 294 g/mol. The van der Waals surface area contributed by atoms with Crippen LogP contribution in [0.2, 0.25) is 5.02 Å². The number of amides is 1. The second-order valence-corrected chi connectivity index (χ2v) is 6.63. The van der Waals surface area contributed by atoms with Gasteiger partial charge in [0.15, 0.2) is 0 Å². The fourth-order valence-corrected chi connectivity index (χ4v) is 3.10. The molecule has 0 atom stereocenters. The van der Waals surface area contributed by atoms with Gasteiger partial charge < -0.3 is 5.32 Å². The molecule has 1 N–H and O–H groups in total. The number of nitrogens with one attached hydrogen (secondary N) is 1. The summed E-state index contributed by atoms with van der Waals surface area (Å²) in [4.78, 5) is 11.9. The maximum Gasteiger partial charge on any atom is 0.282 e. The van der Waals surface area contributed by atoms with Gasteiger partial charge in [-0.15, -0.1) is 10.2 Å². The molecule has 0 aliphatic heterocycles.